The molecule has 0 radical (unpaired) electrons. The van der Waals surface area contributed by atoms with Gasteiger partial charge in [0.1, 0.15) is 17.7 Å². The van der Waals surface area contributed by atoms with Crippen molar-refractivity contribution in [2.24, 2.45) is 5.92 Å². The molecule has 272 valence electrons. The zero-order chi connectivity index (χ0) is 35.6. The van der Waals surface area contributed by atoms with Crippen molar-refractivity contribution in [3.05, 3.63) is 72.1 Å². The van der Waals surface area contributed by atoms with Crippen LogP contribution < -0.4 is 5.32 Å². The first-order valence-corrected chi connectivity index (χ1v) is 18.8. The van der Waals surface area contributed by atoms with Crippen molar-refractivity contribution < 1.29 is 23.9 Å². The summed E-state index contributed by atoms with van der Waals surface area (Å²) >= 11 is 0. The first-order chi connectivity index (χ1) is 25.4. The normalized spacial score (nSPS) is 22.3. The third kappa shape index (κ3) is 7.21. The molecule has 0 spiro atoms. The molecule has 2 aromatic carbocycles. The second-order valence-corrected chi connectivity index (χ2v) is 14.6. The molecule has 12 heteroatoms. The summed E-state index contributed by atoms with van der Waals surface area (Å²) in [6.45, 7) is 2.35. The SMILES string of the molecule is COC(=O)N[C@H]1CCCCOCc2[nH]c(nc2-c2ccc(-c3ccc(-c4cnc([C@@H]5CCCN5C(=O)CC5CC5)[nH]4)cc3)cc2)[C@@H]2CCCN2C1=O. The molecule has 2 bridgehead atoms. The van der Waals surface area contributed by atoms with Crippen LogP contribution in [0.15, 0.2) is 54.7 Å². The van der Waals surface area contributed by atoms with E-state index in [-0.39, 0.29) is 23.9 Å². The minimum absolute atomic E-state index is 0.0311. The van der Waals surface area contributed by atoms with Crippen molar-refractivity contribution in [3.63, 3.8) is 0 Å². The molecule has 4 aromatic rings. The number of likely N-dealkylation sites (tertiary alicyclic amines) is 1. The minimum Gasteiger partial charge on any atom is -0.453 e. The molecule has 0 unspecified atom stereocenters. The lowest BCUT2D eigenvalue weighted by atomic mass is 10.0. The molecule has 2 saturated heterocycles. The molecule has 2 aromatic heterocycles. The van der Waals surface area contributed by atoms with Gasteiger partial charge in [0.25, 0.3) is 0 Å². The standard InChI is InChI=1S/C40H47N7O5/c1-51-40(50)44-30-6-2-3-21-52-24-32-36(45-38(43-32)34-8-5-20-47(34)39(30)49)29-17-13-27(14-18-29)26-11-15-28(16-12-26)31-23-41-37(42-31)33-7-4-19-46(33)35(48)22-25-9-10-25/h11-18,23,25,30,33-34H,2-10,19-22,24H2,1H3,(H,41,42)(H,43,45)(H,44,50)/t30-,33-,34-/m0/s1. The number of imidazole rings is 2. The highest BCUT2D eigenvalue weighted by Crippen LogP contribution is 2.38. The van der Waals surface area contributed by atoms with E-state index in [1.807, 2.05) is 16.0 Å². The van der Waals surface area contributed by atoms with E-state index in [2.05, 4.69) is 63.8 Å². The molecule has 1 saturated carbocycles. The number of carbonyl (C=O) groups is 3. The fourth-order valence-electron chi connectivity index (χ4n) is 7.98. The van der Waals surface area contributed by atoms with E-state index < -0.39 is 12.1 Å². The van der Waals surface area contributed by atoms with Gasteiger partial charge in [0.15, 0.2) is 0 Å². The summed E-state index contributed by atoms with van der Waals surface area (Å²) in [6.07, 6.45) is 9.95. The van der Waals surface area contributed by atoms with E-state index in [9.17, 15) is 14.4 Å². The van der Waals surface area contributed by atoms with Crippen LogP contribution in [0.3, 0.4) is 0 Å². The zero-order valence-electron chi connectivity index (χ0n) is 29.7. The lowest BCUT2D eigenvalue weighted by Gasteiger charge is -2.28. The first-order valence-electron chi connectivity index (χ1n) is 18.8. The summed E-state index contributed by atoms with van der Waals surface area (Å²) < 4.78 is 10.9. The highest BCUT2D eigenvalue weighted by Gasteiger charge is 2.37. The topological polar surface area (TPSA) is 146 Å². The molecule has 3 amide bonds. The highest BCUT2D eigenvalue weighted by atomic mass is 16.5. The van der Waals surface area contributed by atoms with Crippen LogP contribution in [0.5, 0.6) is 0 Å². The van der Waals surface area contributed by atoms with E-state index in [4.69, 9.17) is 19.4 Å². The van der Waals surface area contributed by atoms with Gasteiger partial charge in [-0.3, -0.25) is 9.59 Å². The summed E-state index contributed by atoms with van der Waals surface area (Å²) in [5.74, 6) is 2.36. The number of benzene rings is 2. The number of hydrogen-bond donors (Lipinski definition) is 3. The van der Waals surface area contributed by atoms with Crippen LogP contribution in [0.1, 0.15) is 93.6 Å². The second-order valence-electron chi connectivity index (χ2n) is 14.6. The largest absolute Gasteiger partial charge is 0.453 e. The average Bonchev–Trinajstić information content (AvgIpc) is 3.65. The summed E-state index contributed by atoms with van der Waals surface area (Å²) in [7, 11) is 1.31. The molecule has 5 heterocycles. The average molecular weight is 706 g/mol. The Morgan fingerprint density at radius 1 is 0.846 bits per heavy atom. The van der Waals surface area contributed by atoms with Crippen molar-refractivity contribution in [3.8, 4) is 33.6 Å². The molecule has 4 aliphatic rings. The Bertz CT molecular complexity index is 1900. The maximum atomic E-state index is 13.7. The monoisotopic (exact) mass is 705 g/mol. The number of ether oxygens (including phenoxy) is 2. The second kappa shape index (κ2) is 14.9. The Kier molecular flexibility index (Phi) is 9.81. The van der Waals surface area contributed by atoms with Gasteiger partial charge in [-0.05, 0) is 80.4 Å². The molecule has 8 rings (SSSR count). The molecule has 1 aliphatic carbocycles. The lowest BCUT2D eigenvalue weighted by molar-refractivity contribution is -0.134. The van der Waals surface area contributed by atoms with Crippen LogP contribution in [0, 0.1) is 5.92 Å². The van der Waals surface area contributed by atoms with Gasteiger partial charge in [-0.2, -0.15) is 0 Å². The summed E-state index contributed by atoms with van der Waals surface area (Å²) in [6, 6.07) is 16.0. The number of rotatable bonds is 7. The predicted octanol–water partition coefficient (Wildman–Crippen LogP) is 6.69. The quantitative estimate of drug-likeness (QED) is 0.194. The van der Waals surface area contributed by atoms with Gasteiger partial charge in [-0.15, -0.1) is 0 Å². The number of aromatic nitrogens is 4. The number of carbonyl (C=O) groups excluding carboxylic acids is 3. The molecule has 52 heavy (non-hydrogen) atoms. The fraction of sp³-hybridized carbons (Fsp3) is 0.475. The van der Waals surface area contributed by atoms with E-state index in [0.717, 1.165) is 96.1 Å². The smallest absolute Gasteiger partial charge is 0.407 e. The number of amides is 3. The fourth-order valence-corrected chi connectivity index (χ4v) is 7.98. The van der Waals surface area contributed by atoms with E-state index in [1.165, 1.54) is 20.0 Å². The number of fused-ring (bicyclic) bond motifs is 4. The molecular weight excluding hydrogens is 658 g/mol. The molecule has 3 aliphatic heterocycles. The number of nitrogens with zero attached hydrogens (tertiary/aromatic N) is 4. The number of alkyl carbamates (subject to hydrolysis) is 1. The van der Waals surface area contributed by atoms with Crippen molar-refractivity contribution in [1.82, 2.24) is 35.1 Å². The molecule has 3 N–H and O–H groups in total. The molecule has 3 fully saturated rings. The first kappa shape index (κ1) is 34.1. The Labute approximate surface area is 303 Å². The molecular formula is C40H47N7O5. The number of methoxy groups -OCH3 is 1. The summed E-state index contributed by atoms with van der Waals surface area (Å²) in [5, 5.41) is 2.75. The zero-order valence-corrected chi connectivity index (χ0v) is 29.7. The Balaban J connectivity index is 0.978. The van der Waals surface area contributed by atoms with Gasteiger partial charge in [-0.25, -0.2) is 14.8 Å². The van der Waals surface area contributed by atoms with E-state index in [1.54, 1.807) is 0 Å². The minimum atomic E-state index is -0.655. The molecule has 3 atom stereocenters. The lowest BCUT2D eigenvalue weighted by Crippen LogP contribution is -2.48. The third-order valence-corrected chi connectivity index (χ3v) is 11.0. The van der Waals surface area contributed by atoms with E-state index in [0.29, 0.717) is 38.5 Å². The van der Waals surface area contributed by atoms with Gasteiger partial charge in [0, 0.05) is 31.7 Å². The predicted molar refractivity (Wildman–Crippen MR) is 195 cm³/mol. The number of H-pyrrole nitrogens is 2. The van der Waals surface area contributed by atoms with Crippen LogP contribution in [0.2, 0.25) is 0 Å². The Morgan fingerprint density at radius 2 is 1.56 bits per heavy atom. The van der Waals surface area contributed by atoms with Gasteiger partial charge >= 0.3 is 6.09 Å². The van der Waals surface area contributed by atoms with Gasteiger partial charge in [0.05, 0.1) is 49.1 Å². The number of hydrogen-bond acceptors (Lipinski definition) is 7. The Hall–Kier alpha value is -4.97. The summed E-state index contributed by atoms with van der Waals surface area (Å²) in [4.78, 5) is 59.4. The summed E-state index contributed by atoms with van der Waals surface area (Å²) in [5.41, 5.74) is 6.86. The van der Waals surface area contributed by atoms with Crippen LogP contribution in [0.25, 0.3) is 33.6 Å². The maximum Gasteiger partial charge on any atom is 0.407 e. The van der Waals surface area contributed by atoms with Gasteiger partial charge in [0.2, 0.25) is 11.8 Å². The van der Waals surface area contributed by atoms with Crippen molar-refractivity contribution >= 4 is 17.9 Å². The Morgan fingerprint density at radius 3 is 2.31 bits per heavy atom. The van der Waals surface area contributed by atoms with Crippen LogP contribution in [-0.4, -0.2) is 80.5 Å². The molecule has 12 nitrogen and oxygen atoms in total. The number of nitrogens with one attached hydrogen (secondary N) is 3. The van der Waals surface area contributed by atoms with Crippen molar-refractivity contribution in [1.29, 1.82) is 0 Å². The van der Waals surface area contributed by atoms with Crippen LogP contribution in [0.4, 0.5) is 4.79 Å². The number of aromatic amines is 2. The van der Waals surface area contributed by atoms with E-state index >= 15 is 0 Å². The van der Waals surface area contributed by atoms with Gasteiger partial charge < -0.3 is 34.6 Å². The van der Waals surface area contributed by atoms with Gasteiger partial charge in [-0.1, -0.05) is 48.5 Å². The third-order valence-electron chi connectivity index (χ3n) is 11.0. The van der Waals surface area contributed by atoms with Crippen LogP contribution >= 0.6 is 0 Å². The maximum absolute atomic E-state index is 13.7. The van der Waals surface area contributed by atoms with Crippen molar-refractivity contribution in [2.75, 3.05) is 26.8 Å². The van der Waals surface area contributed by atoms with Crippen molar-refractivity contribution in [2.45, 2.75) is 88.9 Å². The van der Waals surface area contributed by atoms with Crippen LogP contribution in [-0.2, 0) is 25.7 Å². The highest BCUT2D eigenvalue weighted by molar-refractivity contribution is 5.86.